The van der Waals surface area contributed by atoms with Crippen LogP contribution in [0.2, 0.25) is 5.15 Å². The highest BCUT2D eigenvalue weighted by atomic mass is 35.5. The van der Waals surface area contributed by atoms with Crippen molar-refractivity contribution in [3.63, 3.8) is 0 Å². The Hall–Kier alpha value is -2.27. The van der Waals surface area contributed by atoms with Crippen LogP contribution in [0.15, 0.2) is 36.4 Å². The summed E-state index contributed by atoms with van der Waals surface area (Å²) in [4.78, 5) is 16.0. The molecule has 5 nitrogen and oxygen atoms in total. The van der Waals surface area contributed by atoms with Gasteiger partial charge in [-0.3, -0.25) is 4.79 Å². The van der Waals surface area contributed by atoms with Gasteiger partial charge < -0.3 is 14.8 Å². The standard InChI is InChI=1S/C15H15ClN2O3/c1-20-11-7-6-10(13(8-11)21-2)9-17-15(19)12-4-3-5-14(16)18-12/h3-8H,9H2,1-2H3,(H,17,19). The molecular formula is C15H15ClN2O3. The van der Waals surface area contributed by atoms with Gasteiger partial charge in [-0.1, -0.05) is 17.7 Å². The van der Waals surface area contributed by atoms with Gasteiger partial charge in [0.2, 0.25) is 0 Å². The molecule has 0 atom stereocenters. The number of halogens is 1. The van der Waals surface area contributed by atoms with Crippen molar-refractivity contribution in [2.45, 2.75) is 6.54 Å². The molecule has 0 spiro atoms. The van der Waals surface area contributed by atoms with Crippen LogP contribution < -0.4 is 14.8 Å². The summed E-state index contributed by atoms with van der Waals surface area (Å²) in [6.45, 7) is 0.320. The van der Waals surface area contributed by atoms with E-state index in [-0.39, 0.29) is 16.8 Å². The number of benzene rings is 1. The maximum absolute atomic E-state index is 12.0. The molecule has 2 aromatic rings. The Bertz CT molecular complexity index is 647. The third-order valence-electron chi connectivity index (χ3n) is 2.88. The number of nitrogens with zero attached hydrogens (tertiary/aromatic N) is 1. The first-order chi connectivity index (χ1) is 10.1. The Morgan fingerprint density at radius 3 is 2.71 bits per heavy atom. The molecule has 1 aromatic heterocycles. The Labute approximate surface area is 127 Å². The van der Waals surface area contributed by atoms with Crippen molar-refractivity contribution in [2.75, 3.05) is 14.2 Å². The molecular weight excluding hydrogens is 292 g/mol. The number of ether oxygens (including phenoxy) is 2. The van der Waals surface area contributed by atoms with Crippen molar-refractivity contribution < 1.29 is 14.3 Å². The number of methoxy groups -OCH3 is 2. The number of aromatic nitrogens is 1. The van der Waals surface area contributed by atoms with Gasteiger partial charge in [0.25, 0.3) is 5.91 Å². The highest BCUT2D eigenvalue weighted by Gasteiger charge is 2.10. The second-order valence-electron chi connectivity index (χ2n) is 4.21. The quantitative estimate of drug-likeness (QED) is 0.863. The predicted molar refractivity (Wildman–Crippen MR) is 80.0 cm³/mol. The molecule has 21 heavy (non-hydrogen) atoms. The van der Waals surface area contributed by atoms with E-state index < -0.39 is 0 Å². The zero-order chi connectivity index (χ0) is 15.2. The number of nitrogens with one attached hydrogen (secondary N) is 1. The first-order valence-electron chi connectivity index (χ1n) is 6.25. The fraction of sp³-hybridized carbons (Fsp3) is 0.200. The van der Waals surface area contributed by atoms with Gasteiger partial charge in [-0.25, -0.2) is 4.98 Å². The third-order valence-corrected chi connectivity index (χ3v) is 3.09. The van der Waals surface area contributed by atoms with Crippen LogP contribution in [-0.4, -0.2) is 25.1 Å². The summed E-state index contributed by atoms with van der Waals surface area (Å²) in [6.07, 6.45) is 0. The van der Waals surface area contributed by atoms with Crippen LogP contribution >= 0.6 is 11.6 Å². The van der Waals surface area contributed by atoms with Crippen LogP contribution in [0.1, 0.15) is 16.1 Å². The second kappa shape index (κ2) is 6.95. The van der Waals surface area contributed by atoms with Crippen molar-refractivity contribution in [2.24, 2.45) is 0 Å². The molecule has 1 heterocycles. The van der Waals surface area contributed by atoms with Crippen molar-refractivity contribution in [1.82, 2.24) is 10.3 Å². The first kappa shape index (κ1) is 15.1. The van der Waals surface area contributed by atoms with Gasteiger partial charge in [0.15, 0.2) is 0 Å². The minimum Gasteiger partial charge on any atom is -0.497 e. The summed E-state index contributed by atoms with van der Waals surface area (Å²) in [7, 11) is 3.15. The normalized spacial score (nSPS) is 10.0. The van der Waals surface area contributed by atoms with Crippen molar-refractivity contribution in [3.05, 3.63) is 52.8 Å². The Morgan fingerprint density at radius 1 is 1.24 bits per heavy atom. The van der Waals surface area contributed by atoms with Gasteiger partial charge in [-0.15, -0.1) is 0 Å². The molecule has 0 aliphatic rings. The topological polar surface area (TPSA) is 60.5 Å². The maximum Gasteiger partial charge on any atom is 0.270 e. The molecule has 0 saturated carbocycles. The Balaban J connectivity index is 2.07. The highest BCUT2D eigenvalue weighted by Crippen LogP contribution is 2.24. The summed E-state index contributed by atoms with van der Waals surface area (Å²) in [5.41, 5.74) is 1.11. The fourth-order valence-corrected chi connectivity index (χ4v) is 1.96. The van der Waals surface area contributed by atoms with Crippen LogP contribution in [0, 0.1) is 0 Å². The average molecular weight is 307 g/mol. The molecule has 0 radical (unpaired) electrons. The molecule has 0 fully saturated rings. The molecule has 6 heteroatoms. The summed E-state index contributed by atoms with van der Waals surface area (Å²) in [5, 5.41) is 3.06. The minimum atomic E-state index is -0.296. The van der Waals surface area contributed by atoms with Crippen molar-refractivity contribution in [1.29, 1.82) is 0 Å². The lowest BCUT2D eigenvalue weighted by Crippen LogP contribution is -2.24. The minimum absolute atomic E-state index is 0.273. The third kappa shape index (κ3) is 3.86. The highest BCUT2D eigenvalue weighted by molar-refractivity contribution is 6.29. The molecule has 0 saturated heterocycles. The SMILES string of the molecule is COc1ccc(CNC(=O)c2cccc(Cl)n2)c(OC)c1. The maximum atomic E-state index is 12.0. The van der Waals surface area contributed by atoms with E-state index in [1.807, 2.05) is 12.1 Å². The summed E-state index contributed by atoms with van der Waals surface area (Å²) < 4.78 is 10.4. The van der Waals surface area contributed by atoms with Gasteiger partial charge in [-0.05, 0) is 24.3 Å². The van der Waals surface area contributed by atoms with Crippen molar-refractivity contribution in [3.8, 4) is 11.5 Å². The zero-order valence-corrected chi connectivity index (χ0v) is 12.5. The first-order valence-corrected chi connectivity index (χ1v) is 6.63. The van der Waals surface area contributed by atoms with E-state index >= 15 is 0 Å². The molecule has 2 rings (SSSR count). The van der Waals surface area contributed by atoms with Crippen LogP contribution in [0.3, 0.4) is 0 Å². The van der Waals surface area contributed by atoms with E-state index in [2.05, 4.69) is 10.3 Å². The molecule has 0 unspecified atom stereocenters. The van der Waals surface area contributed by atoms with Gasteiger partial charge >= 0.3 is 0 Å². The zero-order valence-electron chi connectivity index (χ0n) is 11.7. The molecule has 110 valence electrons. The van der Waals surface area contributed by atoms with E-state index in [1.165, 1.54) is 0 Å². The van der Waals surface area contributed by atoms with Gasteiger partial charge in [0, 0.05) is 18.2 Å². The number of rotatable bonds is 5. The van der Waals surface area contributed by atoms with E-state index in [4.69, 9.17) is 21.1 Å². The monoisotopic (exact) mass is 306 g/mol. The van der Waals surface area contributed by atoms with Crippen LogP contribution in [0.25, 0.3) is 0 Å². The fourth-order valence-electron chi connectivity index (χ4n) is 1.80. The van der Waals surface area contributed by atoms with E-state index in [0.717, 1.165) is 5.56 Å². The van der Waals surface area contributed by atoms with E-state index in [1.54, 1.807) is 38.5 Å². The molecule has 1 N–H and O–H groups in total. The van der Waals surface area contributed by atoms with Gasteiger partial charge in [0.05, 0.1) is 14.2 Å². The lowest BCUT2D eigenvalue weighted by molar-refractivity contribution is 0.0945. The molecule has 1 amide bonds. The number of pyridine rings is 1. The summed E-state index contributed by atoms with van der Waals surface area (Å²) in [5.74, 6) is 1.04. The number of carbonyl (C=O) groups excluding carboxylic acids is 1. The summed E-state index contributed by atoms with van der Waals surface area (Å²) in [6, 6.07) is 10.3. The number of hydrogen-bond donors (Lipinski definition) is 1. The number of amides is 1. The Morgan fingerprint density at radius 2 is 2.05 bits per heavy atom. The molecule has 1 aromatic carbocycles. The van der Waals surface area contributed by atoms with Crippen LogP contribution in [0.5, 0.6) is 11.5 Å². The second-order valence-corrected chi connectivity index (χ2v) is 4.59. The predicted octanol–water partition coefficient (Wildman–Crippen LogP) is 2.68. The van der Waals surface area contributed by atoms with Crippen LogP contribution in [0.4, 0.5) is 0 Å². The lowest BCUT2D eigenvalue weighted by atomic mass is 10.2. The van der Waals surface area contributed by atoms with Gasteiger partial charge in [-0.2, -0.15) is 0 Å². The molecule has 0 aliphatic heterocycles. The largest absolute Gasteiger partial charge is 0.497 e. The number of carbonyl (C=O) groups is 1. The lowest BCUT2D eigenvalue weighted by Gasteiger charge is -2.11. The van der Waals surface area contributed by atoms with E-state index in [9.17, 15) is 4.79 Å². The molecule has 0 aliphatic carbocycles. The van der Waals surface area contributed by atoms with E-state index in [0.29, 0.717) is 18.0 Å². The number of hydrogen-bond acceptors (Lipinski definition) is 4. The van der Waals surface area contributed by atoms with Crippen LogP contribution in [-0.2, 0) is 6.54 Å². The van der Waals surface area contributed by atoms with Gasteiger partial charge in [0.1, 0.15) is 22.3 Å². The van der Waals surface area contributed by atoms with Crippen molar-refractivity contribution >= 4 is 17.5 Å². The molecule has 0 bridgehead atoms. The smallest absolute Gasteiger partial charge is 0.270 e. The Kier molecular flexibility index (Phi) is 5.00. The summed E-state index contributed by atoms with van der Waals surface area (Å²) >= 11 is 5.76. The average Bonchev–Trinajstić information content (AvgIpc) is 2.52.